The summed E-state index contributed by atoms with van der Waals surface area (Å²) in [7, 11) is 1.62. The second-order valence-electron chi connectivity index (χ2n) is 6.34. The van der Waals surface area contributed by atoms with Crippen molar-refractivity contribution in [2.24, 2.45) is 0 Å². The van der Waals surface area contributed by atoms with E-state index in [-0.39, 0.29) is 12.1 Å². The van der Waals surface area contributed by atoms with Crippen LogP contribution in [0.3, 0.4) is 0 Å². The summed E-state index contributed by atoms with van der Waals surface area (Å²) in [6.45, 7) is 4.88. The van der Waals surface area contributed by atoms with Crippen LogP contribution in [0.1, 0.15) is 35.6 Å². The monoisotopic (exact) mass is 324 g/mol. The van der Waals surface area contributed by atoms with Crippen LogP contribution < -0.4 is 10.1 Å². The van der Waals surface area contributed by atoms with Crippen molar-refractivity contribution < 1.29 is 9.53 Å². The fourth-order valence-electron chi connectivity index (χ4n) is 3.40. The van der Waals surface area contributed by atoms with E-state index in [0.717, 1.165) is 30.6 Å². The highest BCUT2D eigenvalue weighted by molar-refractivity contribution is 5.91. The maximum absolute atomic E-state index is 12.8. The predicted molar refractivity (Wildman–Crippen MR) is 96.6 cm³/mol. The molecule has 2 aromatic carbocycles. The second-order valence-corrected chi connectivity index (χ2v) is 6.34. The first-order valence-electron chi connectivity index (χ1n) is 8.38. The third-order valence-electron chi connectivity index (χ3n) is 4.66. The zero-order valence-corrected chi connectivity index (χ0v) is 14.5. The highest BCUT2D eigenvalue weighted by Gasteiger charge is 2.31. The number of hydrogen-bond donors (Lipinski definition) is 1. The molecule has 4 nitrogen and oxygen atoms in total. The molecule has 0 bridgehead atoms. The van der Waals surface area contributed by atoms with Crippen molar-refractivity contribution >= 4 is 11.7 Å². The molecule has 0 radical (unpaired) electrons. The topological polar surface area (TPSA) is 41.6 Å². The molecule has 1 heterocycles. The average molecular weight is 324 g/mol. The molecule has 1 fully saturated rings. The van der Waals surface area contributed by atoms with Crippen LogP contribution in [-0.4, -0.2) is 24.6 Å². The first-order chi connectivity index (χ1) is 11.6. The number of likely N-dealkylation sites (tertiary alicyclic amines) is 1. The Labute approximate surface area is 143 Å². The van der Waals surface area contributed by atoms with Crippen LogP contribution in [0.4, 0.5) is 10.5 Å². The average Bonchev–Trinajstić information content (AvgIpc) is 3.05. The van der Waals surface area contributed by atoms with E-state index >= 15 is 0 Å². The Kier molecular flexibility index (Phi) is 4.74. The quantitative estimate of drug-likeness (QED) is 0.890. The lowest BCUT2D eigenvalue weighted by Crippen LogP contribution is -2.34. The molecule has 1 unspecified atom stereocenters. The summed E-state index contributed by atoms with van der Waals surface area (Å²) in [5.41, 5.74) is 4.28. The van der Waals surface area contributed by atoms with Crippen LogP contribution in [-0.2, 0) is 0 Å². The van der Waals surface area contributed by atoms with Gasteiger partial charge in [0, 0.05) is 6.54 Å². The Hall–Kier alpha value is -2.49. The van der Waals surface area contributed by atoms with Crippen LogP contribution in [0.5, 0.6) is 5.75 Å². The van der Waals surface area contributed by atoms with Gasteiger partial charge in [-0.15, -0.1) is 0 Å². The number of anilines is 1. The van der Waals surface area contributed by atoms with Gasteiger partial charge in [0.2, 0.25) is 0 Å². The van der Waals surface area contributed by atoms with E-state index in [1.54, 1.807) is 7.11 Å². The summed E-state index contributed by atoms with van der Waals surface area (Å²) in [6, 6.07) is 14.2. The number of methoxy groups -OCH3 is 1. The molecule has 1 saturated heterocycles. The molecular formula is C20H24N2O2. The maximum atomic E-state index is 12.8. The van der Waals surface area contributed by atoms with E-state index in [1.807, 2.05) is 42.2 Å². The molecule has 0 aromatic heterocycles. The minimum absolute atomic E-state index is 0.0651. The van der Waals surface area contributed by atoms with E-state index in [9.17, 15) is 4.79 Å². The zero-order chi connectivity index (χ0) is 17.1. The van der Waals surface area contributed by atoms with E-state index in [0.29, 0.717) is 5.75 Å². The summed E-state index contributed by atoms with van der Waals surface area (Å²) in [5.74, 6) is 0.681. The zero-order valence-electron chi connectivity index (χ0n) is 14.5. The molecule has 1 aliphatic rings. The Morgan fingerprint density at radius 3 is 2.75 bits per heavy atom. The molecule has 0 spiro atoms. The minimum Gasteiger partial charge on any atom is -0.495 e. The fraction of sp³-hybridized carbons (Fsp3) is 0.350. The molecule has 0 saturated carbocycles. The number of benzene rings is 2. The van der Waals surface area contributed by atoms with E-state index in [4.69, 9.17) is 4.74 Å². The highest BCUT2D eigenvalue weighted by Crippen LogP contribution is 2.34. The van der Waals surface area contributed by atoms with Gasteiger partial charge in [0.15, 0.2) is 0 Å². The van der Waals surface area contributed by atoms with Crippen molar-refractivity contribution in [1.29, 1.82) is 0 Å². The SMILES string of the molecule is COc1ccc(C)cc1NC(=O)N1CCCC1c1ccccc1C. The Morgan fingerprint density at radius 1 is 1.21 bits per heavy atom. The normalized spacial score (nSPS) is 17.0. The molecule has 24 heavy (non-hydrogen) atoms. The van der Waals surface area contributed by atoms with Gasteiger partial charge in [-0.3, -0.25) is 0 Å². The molecule has 2 amide bonds. The molecule has 1 N–H and O–H groups in total. The van der Waals surface area contributed by atoms with Crippen molar-refractivity contribution in [2.45, 2.75) is 32.7 Å². The summed E-state index contributed by atoms with van der Waals surface area (Å²) >= 11 is 0. The van der Waals surface area contributed by atoms with Crippen LogP contribution in [0.25, 0.3) is 0 Å². The molecule has 2 aromatic rings. The van der Waals surface area contributed by atoms with Gasteiger partial charge >= 0.3 is 6.03 Å². The van der Waals surface area contributed by atoms with Gasteiger partial charge in [-0.25, -0.2) is 4.79 Å². The van der Waals surface area contributed by atoms with Gasteiger partial charge in [-0.1, -0.05) is 30.3 Å². The van der Waals surface area contributed by atoms with Crippen molar-refractivity contribution in [3.63, 3.8) is 0 Å². The largest absolute Gasteiger partial charge is 0.495 e. The van der Waals surface area contributed by atoms with Gasteiger partial charge in [0.1, 0.15) is 5.75 Å². The number of nitrogens with one attached hydrogen (secondary N) is 1. The predicted octanol–water partition coefficient (Wildman–Crippen LogP) is 4.68. The van der Waals surface area contributed by atoms with Crippen molar-refractivity contribution in [3.05, 3.63) is 59.2 Å². The summed E-state index contributed by atoms with van der Waals surface area (Å²) < 4.78 is 5.36. The summed E-state index contributed by atoms with van der Waals surface area (Å²) in [4.78, 5) is 14.8. The third-order valence-corrected chi connectivity index (χ3v) is 4.66. The molecule has 3 rings (SSSR count). The smallest absolute Gasteiger partial charge is 0.322 e. The molecule has 1 aliphatic heterocycles. The number of aryl methyl sites for hydroxylation is 2. The number of amides is 2. The summed E-state index contributed by atoms with van der Waals surface area (Å²) in [5, 5.41) is 3.03. The minimum atomic E-state index is -0.0651. The van der Waals surface area contributed by atoms with Crippen LogP contribution in [0, 0.1) is 13.8 Å². The lowest BCUT2D eigenvalue weighted by atomic mass is 9.99. The number of nitrogens with zero attached hydrogens (tertiary/aromatic N) is 1. The van der Waals surface area contributed by atoms with Crippen LogP contribution >= 0.6 is 0 Å². The molecule has 0 aliphatic carbocycles. The molecular weight excluding hydrogens is 300 g/mol. The first kappa shape index (κ1) is 16.4. The standard InChI is InChI=1S/C20H24N2O2/c1-14-10-11-19(24-3)17(13-14)21-20(23)22-12-6-9-18(22)16-8-5-4-7-15(16)2/h4-5,7-8,10-11,13,18H,6,9,12H2,1-3H3,(H,21,23). The Morgan fingerprint density at radius 2 is 2.00 bits per heavy atom. The lowest BCUT2D eigenvalue weighted by Gasteiger charge is -2.27. The molecule has 126 valence electrons. The summed E-state index contributed by atoms with van der Waals surface area (Å²) in [6.07, 6.45) is 2.03. The van der Waals surface area contributed by atoms with Gasteiger partial charge in [-0.2, -0.15) is 0 Å². The lowest BCUT2D eigenvalue weighted by molar-refractivity contribution is 0.207. The Balaban J connectivity index is 1.82. The third kappa shape index (κ3) is 3.23. The Bertz CT molecular complexity index is 742. The van der Waals surface area contributed by atoms with E-state index < -0.39 is 0 Å². The van der Waals surface area contributed by atoms with Crippen molar-refractivity contribution in [1.82, 2.24) is 4.90 Å². The number of hydrogen-bond acceptors (Lipinski definition) is 2. The van der Waals surface area contributed by atoms with Gasteiger partial charge in [0.05, 0.1) is 18.8 Å². The first-order valence-corrected chi connectivity index (χ1v) is 8.38. The number of ether oxygens (including phenoxy) is 1. The number of carbonyl (C=O) groups is 1. The molecule has 1 atom stereocenters. The molecule has 4 heteroatoms. The number of urea groups is 1. The maximum Gasteiger partial charge on any atom is 0.322 e. The highest BCUT2D eigenvalue weighted by atomic mass is 16.5. The fourth-order valence-corrected chi connectivity index (χ4v) is 3.40. The van der Waals surface area contributed by atoms with E-state index in [2.05, 4.69) is 24.4 Å². The van der Waals surface area contributed by atoms with E-state index in [1.165, 1.54) is 11.1 Å². The van der Waals surface area contributed by atoms with Gasteiger partial charge in [0.25, 0.3) is 0 Å². The van der Waals surface area contributed by atoms with Gasteiger partial charge in [-0.05, 0) is 55.5 Å². The number of rotatable bonds is 3. The van der Waals surface area contributed by atoms with Crippen LogP contribution in [0.15, 0.2) is 42.5 Å². The second kappa shape index (κ2) is 6.95. The number of carbonyl (C=O) groups excluding carboxylic acids is 1. The van der Waals surface area contributed by atoms with Crippen molar-refractivity contribution in [2.75, 3.05) is 19.0 Å². The van der Waals surface area contributed by atoms with Gasteiger partial charge < -0.3 is 15.0 Å². The van der Waals surface area contributed by atoms with Crippen LogP contribution in [0.2, 0.25) is 0 Å². The van der Waals surface area contributed by atoms with Crippen molar-refractivity contribution in [3.8, 4) is 5.75 Å².